The normalized spacial score (nSPS) is 18.8. The Kier molecular flexibility index (Phi) is 5.90. The van der Waals surface area contributed by atoms with Gasteiger partial charge in [-0.3, -0.25) is 14.9 Å². The Morgan fingerprint density at radius 1 is 1.36 bits per heavy atom. The first-order valence-electron chi connectivity index (χ1n) is 9.45. The van der Waals surface area contributed by atoms with Crippen LogP contribution in [0, 0.1) is 21.4 Å². The monoisotopic (exact) mass is 454 g/mol. The number of esters is 2. The molecule has 3 rings (SSSR count). The highest BCUT2D eigenvalue weighted by molar-refractivity contribution is 6.17. The predicted octanol–water partition coefficient (Wildman–Crippen LogP) is 1.45. The lowest BCUT2D eigenvalue weighted by Gasteiger charge is -2.33. The number of hydrogen-bond donors (Lipinski definition) is 2. The highest BCUT2D eigenvalue weighted by Crippen LogP contribution is 2.52. The number of amides is 1. The molecule has 0 bridgehead atoms. The van der Waals surface area contributed by atoms with Crippen LogP contribution in [0.25, 0.3) is 0 Å². The molecule has 170 valence electrons. The van der Waals surface area contributed by atoms with E-state index in [1.807, 2.05) is 0 Å². The number of nitrogens with one attached hydrogen (secondary N) is 1. The van der Waals surface area contributed by atoms with E-state index in [0.717, 1.165) is 6.07 Å². The van der Waals surface area contributed by atoms with Gasteiger partial charge < -0.3 is 25.3 Å². The summed E-state index contributed by atoms with van der Waals surface area (Å²) >= 11 is 0. The smallest absolute Gasteiger partial charge is 0.339 e. The maximum absolute atomic E-state index is 13.3. The second-order valence-electron chi connectivity index (χ2n) is 7.13. The summed E-state index contributed by atoms with van der Waals surface area (Å²) in [6.07, 6.45) is 0. The third-order valence-corrected chi connectivity index (χ3v) is 5.03. The third kappa shape index (κ3) is 3.65. The van der Waals surface area contributed by atoms with Crippen LogP contribution >= 0.6 is 0 Å². The van der Waals surface area contributed by atoms with Crippen LogP contribution in [0.3, 0.4) is 0 Å². The Hall–Kier alpha value is -4.66. The molecule has 2 aliphatic heterocycles. The number of ether oxygens (including phenoxy) is 3. The Morgan fingerprint density at radius 2 is 2.03 bits per heavy atom. The van der Waals surface area contributed by atoms with Crippen molar-refractivity contribution in [2.75, 3.05) is 18.5 Å². The van der Waals surface area contributed by atoms with E-state index in [0.29, 0.717) is 0 Å². The van der Waals surface area contributed by atoms with E-state index >= 15 is 0 Å². The number of nitro benzene ring substituents is 1. The van der Waals surface area contributed by atoms with E-state index in [2.05, 4.69) is 11.9 Å². The molecule has 1 aromatic carbocycles. The van der Waals surface area contributed by atoms with Gasteiger partial charge in [0.1, 0.15) is 36.2 Å². The van der Waals surface area contributed by atoms with Gasteiger partial charge in [-0.1, -0.05) is 6.58 Å². The van der Waals surface area contributed by atoms with E-state index in [1.54, 1.807) is 6.07 Å². The zero-order valence-corrected chi connectivity index (χ0v) is 17.6. The standard InChI is InChI=1S/C21H18N4O8/c1-10(2)18(26)31-6-7-32-19(27)16-11(3)33-17(23)14(9-22)21(16)13-8-12(25(29)30)4-5-15(13)24-20(21)28/h4-5,8H,1,6-7,23H2,2-3H3,(H,24,28). The van der Waals surface area contributed by atoms with Gasteiger partial charge in [-0.15, -0.1) is 0 Å². The molecule has 12 nitrogen and oxygen atoms in total. The summed E-state index contributed by atoms with van der Waals surface area (Å²) in [6.45, 7) is 5.53. The number of hydrogen-bond acceptors (Lipinski definition) is 10. The van der Waals surface area contributed by atoms with E-state index in [9.17, 15) is 29.8 Å². The summed E-state index contributed by atoms with van der Waals surface area (Å²) in [5.41, 5.74) is 2.84. The van der Waals surface area contributed by atoms with Crippen molar-refractivity contribution in [3.63, 3.8) is 0 Å². The van der Waals surface area contributed by atoms with Crippen LogP contribution in [0.2, 0.25) is 0 Å². The molecule has 0 saturated heterocycles. The first kappa shape index (κ1) is 23.0. The van der Waals surface area contributed by atoms with Crippen molar-refractivity contribution in [1.29, 1.82) is 5.26 Å². The summed E-state index contributed by atoms with van der Waals surface area (Å²) < 4.78 is 15.4. The molecule has 2 heterocycles. The summed E-state index contributed by atoms with van der Waals surface area (Å²) in [5.74, 6) is -3.14. The molecule has 1 atom stereocenters. The molecule has 12 heteroatoms. The van der Waals surface area contributed by atoms with E-state index in [1.165, 1.54) is 26.0 Å². The lowest BCUT2D eigenvalue weighted by molar-refractivity contribution is -0.384. The lowest BCUT2D eigenvalue weighted by Crippen LogP contribution is -2.45. The maximum atomic E-state index is 13.3. The van der Waals surface area contributed by atoms with Gasteiger partial charge in [0.2, 0.25) is 11.8 Å². The topological polar surface area (TPSA) is 184 Å². The van der Waals surface area contributed by atoms with Crippen molar-refractivity contribution >= 4 is 29.2 Å². The number of nitrogens with zero attached hydrogens (tertiary/aromatic N) is 2. The molecular weight excluding hydrogens is 436 g/mol. The average molecular weight is 454 g/mol. The minimum absolute atomic E-state index is 0.0236. The molecule has 33 heavy (non-hydrogen) atoms. The van der Waals surface area contributed by atoms with Crippen molar-refractivity contribution in [2.24, 2.45) is 5.73 Å². The number of carbonyl (C=O) groups excluding carboxylic acids is 3. The van der Waals surface area contributed by atoms with Gasteiger partial charge in [0.25, 0.3) is 5.69 Å². The molecule has 1 unspecified atom stereocenters. The molecule has 3 N–H and O–H groups in total. The Morgan fingerprint density at radius 3 is 2.64 bits per heavy atom. The van der Waals surface area contributed by atoms with Crippen molar-refractivity contribution in [2.45, 2.75) is 19.3 Å². The van der Waals surface area contributed by atoms with Gasteiger partial charge in [0.05, 0.1) is 4.92 Å². The number of fused-ring (bicyclic) bond motifs is 2. The Bertz CT molecular complexity index is 1220. The summed E-state index contributed by atoms with van der Waals surface area (Å²) in [6, 6.07) is 5.32. The van der Waals surface area contributed by atoms with Gasteiger partial charge in [-0.2, -0.15) is 5.26 Å². The molecule has 2 aliphatic rings. The van der Waals surface area contributed by atoms with Crippen LogP contribution in [0.1, 0.15) is 19.4 Å². The fourth-order valence-electron chi connectivity index (χ4n) is 3.64. The van der Waals surface area contributed by atoms with Gasteiger partial charge in [0, 0.05) is 29.0 Å². The van der Waals surface area contributed by atoms with Crippen LogP contribution in [0.5, 0.6) is 0 Å². The second kappa shape index (κ2) is 8.46. The number of nitriles is 1. The number of benzene rings is 1. The molecule has 1 amide bonds. The van der Waals surface area contributed by atoms with E-state index < -0.39 is 39.6 Å². The number of nitro groups is 1. The maximum Gasteiger partial charge on any atom is 0.339 e. The average Bonchev–Trinajstić information content (AvgIpc) is 3.02. The minimum Gasteiger partial charge on any atom is -0.459 e. The minimum atomic E-state index is -2.13. The van der Waals surface area contributed by atoms with Gasteiger partial charge >= 0.3 is 11.9 Å². The van der Waals surface area contributed by atoms with Crippen molar-refractivity contribution in [3.05, 3.63) is 68.8 Å². The van der Waals surface area contributed by atoms with Gasteiger partial charge in [-0.25, -0.2) is 9.59 Å². The zero-order chi connectivity index (χ0) is 24.5. The first-order chi connectivity index (χ1) is 15.5. The van der Waals surface area contributed by atoms with E-state index in [-0.39, 0.29) is 47.1 Å². The number of allylic oxidation sites excluding steroid dienone is 1. The molecule has 0 fully saturated rings. The summed E-state index contributed by atoms with van der Waals surface area (Å²) in [7, 11) is 0. The molecule has 1 aromatic rings. The second-order valence-corrected chi connectivity index (χ2v) is 7.13. The van der Waals surface area contributed by atoms with E-state index in [4.69, 9.17) is 19.9 Å². The van der Waals surface area contributed by atoms with Crippen LogP contribution in [0.4, 0.5) is 11.4 Å². The quantitative estimate of drug-likeness (QED) is 0.210. The highest BCUT2D eigenvalue weighted by atomic mass is 16.6. The van der Waals surface area contributed by atoms with Crippen molar-refractivity contribution in [3.8, 4) is 6.07 Å². The number of anilines is 1. The molecule has 0 radical (unpaired) electrons. The van der Waals surface area contributed by atoms with Crippen LogP contribution in [0.15, 0.2) is 53.1 Å². The van der Waals surface area contributed by atoms with Crippen LogP contribution < -0.4 is 11.1 Å². The predicted molar refractivity (Wildman–Crippen MR) is 111 cm³/mol. The third-order valence-electron chi connectivity index (χ3n) is 5.03. The number of non-ortho nitro benzene ring substituents is 1. The molecule has 0 aromatic heterocycles. The molecule has 1 spiro atoms. The fourth-order valence-corrected chi connectivity index (χ4v) is 3.64. The summed E-state index contributed by atoms with van der Waals surface area (Å²) in [5, 5.41) is 23.7. The highest BCUT2D eigenvalue weighted by Gasteiger charge is 2.60. The first-order valence-corrected chi connectivity index (χ1v) is 9.45. The zero-order valence-electron chi connectivity index (χ0n) is 17.6. The molecule has 0 aliphatic carbocycles. The van der Waals surface area contributed by atoms with Crippen molar-refractivity contribution in [1.82, 2.24) is 0 Å². The number of nitrogens with two attached hydrogens (primary N) is 1. The lowest BCUT2D eigenvalue weighted by atomic mass is 9.68. The Balaban J connectivity index is 2.08. The van der Waals surface area contributed by atoms with Gasteiger partial charge in [0.15, 0.2) is 5.41 Å². The number of rotatable bonds is 6. The number of carbonyl (C=O) groups is 3. The SMILES string of the molecule is C=C(C)C(=O)OCCOC(=O)C1=C(C)OC(N)=C(C#N)C12C(=O)Nc1ccc([N+](=O)[O-])cc12. The molecular formula is C21H18N4O8. The van der Waals surface area contributed by atoms with Crippen molar-refractivity contribution < 1.29 is 33.5 Å². The van der Waals surface area contributed by atoms with Gasteiger partial charge in [-0.05, 0) is 19.9 Å². The van der Waals surface area contributed by atoms with Crippen LogP contribution in [-0.4, -0.2) is 36.0 Å². The summed E-state index contributed by atoms with van der Waals surface area (Å²) in [4.78, 5) is 48.5. The van der Waals surface area contributed by atoms with Crippen LogP contribution in [-0.2, 0) is 34.0 Å². The molecule has 0 saturated carbocycles. The fraction of sp³-hybridized carbons (Fsp3) is 0.238. The Labute approximate surface area is 187 Å². The largest absolute Gasteiger partial charge is 0.459 e.